The van der Waals surface area contributed by atoms with Gasteiger partial charge in [-0.1, -0.05) is 29.4 Å². The third kappa shape index (κ3) is 5.29. The van der Waals surface area contributed by atoms with Crippen molar-refractivity contribution < 1.29 is 9.59 Å². The summed E-state index contributed by atoms with van der Waals surface area (Å²) in [5, 5.41) is 3.97. The van der Waals surface area contributed by atoms with Crippen LogP contribution in [0.25, 0.3) is 10.1 Å². The molecule has 4 nitrogen and oxygen atoms in total. The van der Waals surface area contributed by atoms with Crippen LogP contribution >= 0.6 is 11.3 Å². The quantitative estimate of drug-likeness (QED) is 0.425. The number of benzene rings is 2. The number of carbonyl (C=O) groups is 2. The van der Waals surface area contributed by atoms with E-state index in [2.05, 4.69) is 19.2 Å². The van der Waals surface area contributed by atoms with Crippen molar-refractivity contribution in [3.05, 3.63) is 64.5 Å². The first-order valence-corrected chi connectivity index (χ1v) is 12.6. The van der Waals surface area contributed by atoms with Crippen molar-refractivity contribution in [1.29, 1.82) is 0 Å². The number of Topliss-reactive ketones (excluding diaryl/α,β-unsaturated/α-hetero) is 1. The Hall–Kier alpha value is -2.09. The fourth-order valence-electron chi connectivity index (χ4n) is 2.80. The number of nitrogens with one attached hydrogen (secondary N) is 1. The number of hydrogen-bond acceptors (Lipinski definition) is 5. The van der Waals surface area contributed by atoms with Gasteiger partial charge in [0.1, 0.15) is 0 Å². The van der Waals surface area contributed by atoms with Gasteiger partial charge >= 0.3 is 0 Å². The molecule has 0 aliphatic rings. The predicted octanol–water partition coefficient (Wildman–Crippen LogP) is 4.13. The molecule has 0 saturated carbocycles. The maximum absolute atomic E-state index is 12.6. The van der Waals surface area contributed by atoms with Gasteiger partial charge in [-0.2, -0.15) is 0 Å². The molecular formula is C22H24N2O2S3. The molecule has 3 rings (SSSR count). The van der Waals surface area contributed by atoms with Crippen molar-refractivity contribution in [2.24, 2.45) is 0 Å². The summed E-state index contributed by atoms with van der Waals surface area (Å²) in [5.41, 5.74) is 7.87. The van der Waals surface area contributed by atoms with E-state index in [-0.39, 0.29) is 25.9 Å². The standard InChI is InChI=1S/C22H24N2O2S3/c1-22(2,29(3)27)13-24-21(26)20-12-16-9-14(7-8-19(16)28-20)10-18(25)15-5-4-6-17(23)11-15/h4-9,11-12H,10,13,23H2,1-3H3,(H,24,26). The minimum atomic E-state index is -0.208. The van der Waals surface area contributed by atoms with Crippen LogP contribution in [-0.4, -0.2) is 29.2 Å². The Labute approximate surface area is 182 Å². The van der Waals surface area contributed by atoms with Gasteiger partial charge in [-0.3, -0.25) is 9.59 Å². The number of nitrogen functional groups attached to an aromatic ring is 1. The largest absolute Gasteiger partial charge is 0.399 e. The number of ketones is 1. The summed E-state index contributed by atoms with van der Waals surface area (Å²) >= 11 is 6.82. The molecule has 0 aliphatic carbocycles. The minimum Gasteiger partial charge on any atom is -0.399 e. The summed E-state index contributed by atoms with van der Waals surface area (Å²) in [6.07, 6.45) is 2.30. The maximum Gasteiger partial charge on any atom is 0.261 e. The topological polar surface area (TPSA) is 72.2 Å². The first-order chi connectivity index (χ1) is 13.7. The Balaban J connectivity index is 1.73. The van der Waals surface area contributed by atoms with Crippen LogP contribution in [0.2, 0.25) is 0 Å². The van der Waals surface area contributed by atoms with Gasteiger partial charge in [0.2, 0.25) is 0 Å². The number of carbonyl (C=O) groups excluding carboxylic acids is 2. The SMILES string of the molecule is CS(=S)C(C)(C)CNC(=O)c1cc2cc(CC(=O)c3cccc(N)c3)ccc2s1. The molecule has 1 aromatic heterocycles. The van der Waals surface area contributed by atoms with Crippen LogP contribution in [0.5, 0.6) is 0 Å². The van der Waals surface area contributed by atoms with Crippen LogP contribution in [0.4, 0.5) is 5.69 Å². The van der Waals surface area contributed by atoms with Crippen molar-refractivity contribution in [2.45, 2.75) is 25.0 Å². The van der Waals surface area contributed by atoms with Crippen molar-refractivity contribution in [2.75, 3.05) is 18.5 Å². The van der Waals surface area contributed by atoms with Gasteiger partial charge in [0.25, 0.3) is 5.91 Å². The lowest BCUT2D eigenvalue weighted by Gasteiger charge is -2.24. The third-order valence-electron chi connectivity index (χ3n) is 4.83. The van der Waals surface area contributed by atoms with E-state index in [9.17, 15) is 9.59 Å². The molecule has 0 fully saturated rings. The summed E-state index contributed by atoms with van der Waals surface area (Å²) in [6, 6.07) is 14.8. The molecule has 7 heteroatoms. The summed E-state index contributed by atoms with van der Waals surface area (Å²) in [7, 11) is -0.208. The summed E-state index contributed by atoms with van der Waals surface area (Å²) < 4.78 is 0.906. The van der Waals surface area contributed by atoms with Crippen molar-refractivity contribution in [3.8, 4) is 0 Å². The zero-order chi connectivity index (χ0) is 21.2. The molecule has 0 spiro atoms. The van der Waals surface area contributed by atoms with E-state index in [1.165, 1.54) is 11.3 Å². The van der Waals surface area contributed by atoms with Crippen LogP contribution < -0.4 is 11.1 Å². The highest BCUT2D eigenvalue weighted by atomic mass is 32.8. The average molecular weight is 445 g/mol. The Morgan fingerprint density at radius 1 is 1.17 bits per heavy atom. The number of rotatable bonds is 7. The van der Waals surface area contributed by atoms with Gasteiger partial charge in [0.05, 0.1) is 4.88 Å². The molecule has 152 valence electrons. The minimum absolute atomic E-state index is 0.0194. The second kappa shape index (κ2) is 8.73. The molecule has 1 unspecified atom stereocenters. The monoisotopic (exact) mass is 444 g/mol. The first kappa shape index (κ1) is 21.6. The van der Waals surface area contributed by atoms with Crippen LogP contribution in [0.15, 0.2) is 48.5 Å². The summed E-state index contributed by atoms with van der Waals surface area (Å²) in [5.74, 6) is -0.0666. The highest BCUT2D eigenvalue weighted by Gasteiger charge is 2.21. The van der Waals surface area contributed by atoms with Crippen molar-refractivity contribution in [1.82, 2.24) is 5.32 Å². The van der Waals surface area contributed by atoms with Gasteiger partial charge in [-0.15, -0.1) is 20.8 Å². The fourth-order valence-corrected chi connectivity index (χ4v) is 4.21. The van der Waals surface area contributed by atoms with Crippen molar-refractivity contribution in [3.63, 3.8) is 0 Å². The molecule has 1 atom stereocenters. The molecule has 0 aliphatic heterocycles. The molecule has 2 aromatic carbocycles. The lowest BCUT2D eigenvalue weighted by Crippen LogP contribution is -2.40. The van der Waals surface area contributed by atoms with E-state index < -0.39 is 0 Å². The lowest BCUT2D eigenvalue weighted by atomic mass is 10.0. The molecule has 3 aromatic rings. The fraction of sp³-hybridized carbons (Fsp3) is 0.273. The number of thiophene rings is 1. The van der Waals surface area contributed by atoms with E-state index in [1.807, 2.05) is 30.5 Å². The van der Waals surface area contributed by atoms with Crippen LogP contribution in [0.3, 0.4) is 0 Å². The smallest absolute Gasteiger partial charge is 0.261 e. The van der Waals surface area contributed by atoms with Crippen LogP contribution in [0.1, 0.15) is 39.4 Å². The molecule has 0 saturated heterocycles. The van der Waals surface area contributed by atoms with Crippen LogP contribution in [-0.2, 0) is 27.1 Å². The molecule has 0 bridgehead atoms. The highest BCUT2D eigenvalue weighted by Crippen LogP contribution is 2.27. The van der Waals surface area contributed by atoms with Gasteiger partial charge in [-0.05, 0) is 61.4 Å². The molecular weight excluding hydrogens is 420 g/mol. The second-order valence-corrected chi connectivity index (χ2v) is 12.2. The third-order valence-corrected chi connectivity index (χ3v) is 9.00. The normalized spacial score (nSPS) is 12.7. The Kier molecular flexibility index (Phi) is 6.51. The summed E-state index contributed by atoms with van der Waals surface area (Å²) in [4.78, 5) is 25.8. The Morgan fingerprint density at radius 3 is 2.62 bits per heavy atom. The first-order valence-electron chi connectivity index (χ1n) is 9.19. The number of hydrogen-bond donors (Lipinski definition) is 2. The zero-order valence-electron chi connectivity index (χ0n) is 16.7. The van der Waals surface area contributed by atoms with E-state index in [0.717, 1.165) is 15.6 Å². The summed E-state index contributed by atoms with van der Waals surface area (Å²) in [6.45, 7) is 4.68. The molecule has 3 N–H and O–H groups in total. The Morgan fingerprint density at radius 2 is 1.93 bits per heavy atom. The van der Waals surface area contributed by atoms with Gasteiger partial charge in [0, 0.05) is 33.7 Å². The molecule has 1 heterocycles. The maximum atomic E-state index is 12.6. The number of amides is 1. The second-order valence-electron chi connectivity index (χ2n) is 7.60. The Bertz CT molecular complexity index is 1100. The molecule has 0 radical (unpaired) electrons. The number of anilines is 1. The highest BCUT2D eigenvalue weighted by molar-refractivity contribution is 8.29. The molecule has 29 heavy (non-hydrogen) atoms. The average Bonchev–Trinajstić information content (AvgIpc) is 3.09. The predicted molar refractivity (Wildman–Crippen MR) is 128 cm³/mol. The molecule has 1 amide bonds. The van der Waals surface area contributed by atoms with E-state index in [1.54, 1.807) is 24.3 Å². The zero-order valence-corrected chi connectivity index (χ0v) is 19.1. The van der Waals surface area contributed by atoms with E-state index in [0.29, 0.717) is 29.1 Å². The van der Waals surface area contributed by atoms with E-state index >= 15 is 0 Å². The number of nitrogens with two attached hydrogens (primary N) is 1. The van der Waals surface area contributed by atoms with Crippen molar-refractivity contribution >= 4 is 59.4 Å². The van der Waals surface area contributed by atoms with Crippen LogP contribution in [0, 0.1) is 0 Å². The van der Waals surface area contributed by atoms with Gasteiger partial charge < -0.3 is 11.1 Å². The van der Waals surface area contributed by atoms with Gasteiger partial charge in [0.15, 0.2) is 5.78 Å². The van der Waals surface area contributed by atoms with Gasteiger partial charge in [-0.25, -0.2) is 0 Å². The van der Waals surface area contributed by atoms with E-state index in [4.69, 9.17) is 16.9 Å². The lowest BCUT2D eigenvalue weighted by molar-refractivity contribution is 0.0953. The number of fused-ring (bicyclic) bond motifs is 1.